The van der Waals surface area contributed by atoms with Gasteiger partial charge in [-0.2, -0.15) is 13.2 Å². The highest BCUT2D eigenvalue weighted by atomic mass is 35.5. The Morgan fingerprint density at radius 1 is 0.900 bits per heavy atom. The summed E-state index contributed by atoms with van der Waals surface area (Å²) in [6.07, 6.45) is -4.98. The predicted molar refractivity (Wildman–Crippen MR) is 31.3 cm³/mol. The van der Waals surface area contributed by atoms with Gasteiger partial charge in [0, 0.05) is 0 Å². The van der Waals surface area contributed by atoms with Crippen LogP contribution in [0.15, 0.2) is 0 Å². The summed E-state index contributed by atoms with van der Waals surface area (Å²) >= 11 is 9.43. The average Bonchev–Trinajstić information content (AvgIpc) is 1.84. The smallest absolute Gasteiger partial charge is 0.231 e. The molecule has 0 nitrogen and oxygen atoms in total. The van der Waals surface area contributed by atoms with Crippen LogP contribution in [-0.4, -0.2) is 23.6 Å². The van der Waals surface area contributed by atoms with Gasteiger partial charge in [-0.25, -0.2) is 4.39 Å². The van der Waals surface area contributed by atoms with E-state index in [-0.39, 0.29) is 0 Å². The molecule has 6 heteroatoms. The number of hydrogen-bond donors (Lipinski definition) is 0. The third-order valence-corrected chi connectivity index (χ3v) is 1.78. The van der Waals surface area contributed by atoms with Gasteiger partial charge in [-0.3, -0.25) is 0 Å². The first-order valence-electron chi connectivity index (χ1n) is 2.25. The zero-order valence-electron chi connectivity index (χ0n) is 4.68. The molecule has 0 amide bonds. The van der Waals surface area contributed by atoms with Crippen LogP contribution < -0.4 is 0 Å². The third-order valence-electron chi connectivity index (χ3n) is 0.932. The SMILES string of the molecule is FC(F)(F)C(F)(CCl)CCl. The van der Waals surface area contributed by atoms with E-state index in [2.05, 4.69) is 0 Å². The molecular weight excluding hydrogens is 195 g/mol. The first-order chi connectivity index (χ1) is 4.37. The van der Waals surface area contributed by atoms with Crippen molar-refractivity contribution in [2.24, 2.45) is 0 Å². The third kappa shape index (κ3) is 1.89. The Morgan fingerprint density at radius 3 is 1.20 bits per heavy atom. The highest BCUT2D eigenvalue weighted by molar-refractivity contribution is 6.22. The monoisotopic (exact) mass is 198 g/mol. The van der Waals surface area contributed by atoms with E-state index in [4.69, 9.17) is 23.2 Å². The maximum atomic E-state index is 12.4. The van der Waals surface area contributed by atoms with E-state index in [9.17, 15) is 17.6 Å². The standard InChI is InChI=1S/C4H4Cl2F4/c5-1-3(7,2-6)4(8,9)10/h1-2H2. The first kappa shape index (κ1) is 10.3. The number of alkyl halides is 6. The van der Waals surface area contributed by atoms with Gasteiger partial charge in [0.2, 0.25) is 5.67 Å². The molecule has 0 saturated heterocycles. The molecule has 62 valence electrons. The summed E-state index contributed by atoms with van der Waals surface area (Å²) in [4.78, 5) is 0. The fourth-order valence-corrected chi connectivity index (χ4v) is 0.776. The van der Waals surface area contributed by atoms with E-state index in [0.29, 0.717) is 0 Å². The molecule has 0 fully saturated rings. The van der Waals surface area contributed by atoms with Crippen LogP contribution in [0.1, 0.15) is 0 Å². The number of rotatable bonds is 2. The second kappa shape index (κ2) is 3.13. The second-order valence-corrected chi connectivity index (χ2v) is 2.26. The predicted octanol–water partition coefficient (Wildman–Crippen LogP) is 2.73. The molecule has 10 heavy (non-hydrogen) atoms. The van der Waals surface area contributed by atoms with Gasteiger partial charge in [0.1, 0.15) is 0 Å². The Kier molecular flexibility index (Phi) is 3.23. The minimum atomic E-state index is -4.98. The van der Waals surface area contributed by atoms with Crippen LogP contribution in [0.4, 0.5) is 17.6 Å². The Labute approximate surface area is 65.1 Å². The molecule has 0 N–H and O–H groups in total. The van der Waals surface area contributed by atoms with Crippen LogP contribution in [-0.2, 0) is 0 Å². The van der Waals surface area contributed by atoms with E-state index in [0.717, 1.165) is 0 Å². The van der Waals surface area contributed by atoms with Crippen LogP contribution in [0.3, 0.4) is 0 Å². The largest absolute Gasteiger partial charge is 0.424 e. The summed E-state index contributed by atoms with van der Waals surface area (Å²) in [5.74, 6) is -2.33. The van der Waals surface area contributed by atoms with Crippen molar-refractivity contribution in [2.45, 2.75) is 11.8 Å². The summed E-state index contributed by atoms with van der Waals surface area (Å²) in [6, 6.07) is 0. The van der Waals surface area contributed by atoms with Gasteiger partial charge in [-0.1, -0.05) is 0 Å². The van der Waals surface area contributed by atoms with Crippen molar-refractivity contribution in [1.82, 2.24) is 0 Å². The molecule has 0 aliphatic carbocycles. The van der Waals surface area contributed by atoms with Crippen molar-refractivity contribution in [3.05, 3.63) is 0 Å². The van der Waals surface area contributed by atoms with Gasteiger partial charge in [-0.15, -0.1) is 23.2 Å². The summed E-state index contributed by atoms with van der Waals surface area (Å²) in [6.45, 7) is 0. The van der Waals surface area contributed by atoms with Crippen LogP contribution in [0.25, 0.3) is 0 Å². The molecule has 0 heterocycles. The van der Waals surface area contributed by atoms with Crippen molar-refractivity contribution >= 4 is 23.2 Å². The maximum Gasteiger partial charge on any atom is 0.424 e. The zero-order chi connectivity index (χ0) is 8.41. The van der Waals surface area contributed by atoms with Crippen molar-refractivity contribution in [3.63, 3.8) is 0 Å². The molecule has 0 bridgehead atoms. The number of hydrogen-bond acceptors (Lipinski definition) is 0. The quantitative estimate of drug-likeness (QED) is 0.473. The van der Waals surface area contributed by atoms with Crippen molar-refractivity contribution in [2.75, 3.05) is 11.8 Å². The summed E-state index contributed by atoms with van der Waals surface area (Å²) < 4.78 is 47.1. The molecule has 0 aliphatic rings. The second-order valence-electron chi connectivity index (χ2n) is 1.73. The van der Waals surface area contributed by atoms with Crippen LogP contribution in [0.5, 0.6) is 0 Å². The van der Waals surface area contributed by atoms with E-state index in [1.54, 1.807) is 0 Å². The van der Waals surface area contributed by atoms with E-state index >= 15 is 0 Å². The minimum absolute atomic E-state index is 1.17. The molecule has 0 aromatic rings. The van der Waals surface area contributed by atoms with Gasteiger partial charge in [0.25, 0.3) is 0 Å². The molecule has 0 aromatic heterocycles. The van der Waals surface area contributed by atoms with Gasteiger partial charge in [0.05, 0.1) is 11.8 Å². The van der Waals surface area contributed by atoms with Gasteiger partial charge in [-0.05, 0) is 0 Å². The van der Waals surface area contributed by atoms with Crippen LogP contribution in [0, 0.1) is 0 Å². The van der Waals surface area contributed by atoms with E-state index in [1.807, 2.05) is 0 Å². The highest BCUT2D eigenvalue weighted by Gasteiger charge is 2.54. The van der Waals surface area contributed by atoms with E-state index < -0.39 is 23.6 Å². The Hall–Kier alpha value is 0.300. The zero-order valence-corrected chi connectivity index (χ0v) is 6.19. The molecular formula is C4H4Cl2F4. The lowest BCUT2D eigenvalue weighted by molar-refractivity contribution is -0.213. The van der Waals surface area contributed by atoms with Crippen molar-refractivity contribution in [3.8, 4) is 0 Å². The molecule has 0 unspecified atom stereocenters. The topological polar surface area (TPSA) is 0 Å². The summed E-state index contributed by atoms with van der Waals surface area (Å²) in [5, 5.41) is 0. The maximum absolute atomic E-state index is 12.4. The summed E-state index contributed by atoms with van der Waals surface area (Å²) in [7, 11) is 0. The molecule has 0 radical (unpaired) electrons. The fourth-order valence-electron chi connectivity index (χ4n) is 0.187. The normalized spacial score (nSPS) is 13.8. The van der Waals surface area contributed by atoms with Crippen molar-refractivity contribution in [1.29, 1.82) is 0 Å². The molecule has 0 rings (SSSR count). The summed E-state index contributed by atoms with van der Waals surface area (Å²) in [5.41, 5.74) is -3.45. The first-order valence-corrected chi connectivity index (χ1v) is 3.32. The molecule has 0 atom stereocenters. The lowest BCUT2D eigenvalue weighted by Gasteiger charge is -2.22. The Bertz CT molecular complexity index is 106. The highest BCUT2D eigenvalue weighted by Crippen LogP contribution is 2.35. The minimum Gasteiger partial charge on any atom is -0.231 e. The molecule has 0 aliphatic heterocycles. The van der Waals surface area contributed by atoms with Crippen LogP contribution in [0.2, 0.25) is 0 Å². The lowest BCUT2D eigenvalue weighted by Crippen LogP contribution is -2.44. The molecule has 0 spiro atoms. The van der Waals surface area contributed by atoms with Gasteiger partial charge >= 0.3 is 6.18 Å². The molecule has 0 saturated carbocycles. The average molecular weight is 199 g/mol. The Balaban J connectivity index is 4.33. The van der Waals surface area contributed by atoms with E-state index in [1.165, 1.54) is 0 Å². The van der Waals surface area contributed by atoms with Crippen LogP contribution >= 0.6 is 23.2 Å². The van der Waals surface area contributed by atoms with Crippen molar-refractivity contribution < 1.29 is 17.6 Å². The number of halogens is 6. The fraction of sp³-hybridized carbons (Fsp3) is 1.00. The molecule has 0 aromatic carbocycles. The van der Waals surface area contributed by atoms with Gasteiger partial charge < -0.3 is 0 Å². The Morgan fingerprint density at radius 2 is 1.20 bits per heavy atom. The van der Waals surface area contributed by atoms with Gasteiger partial charge in [0.15, 0.2) is 0 Å². The lowest BCUT2D eigenvalue weighted by atomic mass is 10.1.